The van der Waals surface area contributed by atoms with Gasteiger partial charge < -0.3 is 14.6 Å². The standard InChI is InChI=1S/C16H21N3O/c1-20-11-9-18-16-17-8-10-19(16)15-7-6-13-4-2-3-5-14(13)12-15/h2-5,8,10,15H,6-7,9,11-12H2,1H3,(H,17,18). The van der Waals surface area contributed by atoms with Crippen LogP contribution >= 0.6 is 0 Å². The molecule has 0 radical (unpaired) electrons. The summed E-state index contributed by atoms with van der Waals surface area (Å²) < 4.78 is 7.34. The van der Waals surface area contributed by atoms with Gasteiger partial charge in [0.05, 0.1) is 6.61 Å². The van der Waals surface area contributed by atoms with Crippen LogP contribution in [0.2, 0.25) is 0 Å². The van der Waals surface area contributed by atoms with E-state index in [1.54, 1.807) is 7.11 Å². The van der Waals surface area contributed by atoms with Crippen molar-refractivity contribution < 1.29 is 4.74 Å². The molecule has 1 aromatic carbocycles. The minimum Gasteiger partial charge on any atom is -0.383 e. The van der Waals surface area contributed by atoms with Gasteiger partial charge in [-0.05, 0) is 30.4 Å². The lowest BCUT2D eigenvalue weighted by atomic mass is 9.88. The summed E-state index contributed by atoms with van der Waals surface area (Å²) >= 11 is 0. The second-order valence-electron chi connectivity index (χ2n) is 5.24. The molecule has 20 heavy (non-hydrogen) atoms. The Labute approximate surface area is 119 Å². The van der Waals surface area contributed by atoms with Crippen LogP contribution in [-0.4, -0.2) is 29.8 Å². The molecule has 106 valence electrons. The first-order chi connectivity index (χ1) is 9.88. The Morgan fingerprint density at radius 2 is 2.20 bits per heavy atom. The predicted octanol–water partition coefficient (Wildman–Crippen LogP) is 2.67. The number of benzene rings is 1. The molecule has 1 aliphatic carbocycles. The van der Waals surface area contributed by atoms with Crippen molar-refractivity contribution in [3.05, 3.63) is 47.8 Å². The van der Waals surface area contributed by atoms with E-state index < -0.39 is 0 Å². The number of hydrogen-bond acceptors (Lipinski definition) is 3. The Kier molecular flexibility index (Phi) is 4.02. The smallest absolute Gasteiger partial charge is 0.203 e. The Morgan fingerprint density at radius 1 is 1.35 bits per heavy atom. The van der Waals surface area contributed by atoms with Crippen molar-refractivity contribution in [1.82, 2.24) is 9.55 Å². The fourth-order valence-corrected chi connectivity index (χ4v) is 2.93. The molecule has 4 heteroatoms. The van der Waals surface area contributed by atoms with Gasteiger partial charge in [-0.15, -0.1) is 0 Å². The second-order valence-corrected chi connectivity index (χ2v) is 5.24. The molecule has 1 unspecified atom stereocenters. The van der Waals surface area contributed by atoms with Crippen molar-refractivity contribution in [2.75, 3.05) is 25.6 Å². The van der Waals surface area contributed by atoms with Gasteiger partial charge in [0.25, 0.3) is 0 Å². The third-order valence-corrected chi connectivity index (χ3v) is 3.97. The molecule has 0 fully saturated rings. The maximum Gasteiger partial charge on any atom is 0.203 e. The summed E-state index contributed by atoms with van der Waals surface area (Å²) in [5, 5.41) is 3.34. The minimum atomic E-state index is 0.498. The van der Waals surface area contributed by atoms with E-state index in [9.17, 15) is 0 Å². The molecule has 0 saturated carbocycles. The summed E-state index contributed by atoms with van der Waals surface area (Å²) in [5.41, 5.74) is 2.97. The number of nitrogens with one attached hydrogen (secondary N) is 1. The Morgan fingerprint density at radius 3 is 3.05 bits per heavy atom. The Balaban J connectivity index is 1.73. The van der Waals surface area contributed by atoms with Crippen LogP contribution in [0.4, 0.5) is 5.95 Å². The van der Waals surface area contributed by atoms with E-state index in [1.165, 1.54) is 17.5 Å². The van der Waals surface area contributed by atoms with Crippen LogP contribution < -0.4 is 5.32 Å². The molecule has 0 saturated heterocycles. The number of anilines is 1. The highest BCUT2D eigenvalue weighted by Crippen LogP contribution is 2.30. The van der Waals surface area contributed by atoms with Gasteiger partial charge in [0, 0.05) is 32.1 Å². The number of hydrogen-bond donors (Lipinski definition) is 1. The van der Waals surface area contributed by atoms with Gasteiger partial charge in [-0.2, -0.15) is 0 Å². The zero-order chi connectivity index (χ0) is 13.8. The number of methoxy groups -OCH3 is 1. The zero-order valence-corrected chi connectivity index (χ0v) is 11.9. The first kappa shape index (κ1) is 13.2. The number of ether oxygens (including phenoxy) is 1. The largest absolute Gasteiger partial charge is 0.383 e. The van der Waals surface area contributed by atoms with E-state index in [4.69, 9.17) is 4.74 Å². The highest BCUT2D eigenvalue weighted by atomic mass is 16.5. The Bertz CT molecular complexity index is 564. The third kappa shape index (κ3) is 2.70. The minimum absolute atomic E-state index is 0.498. The summed E-state index contributed by atoms with van der Waals surface area (Å²) in [7, 11) is 1.71. The zero-order valence-electron chi connectivity index (χ0n) is 11.9. The van der Waals surface area contributed by atoms with Crippen molar-refractivity contribution in [1.29, 1.82) is 0 Å². The lowest BCUT2D eigenvalue weighted by Gasteiger charge is -2.27. The van der Waals surface area contributed by atoms with Gasteiger partial charge in [0.2, 0.25) is 5.95 Å². The molecule has 0 amide bonds. The van der Waals surface area contributed by atoms with Gasteiger partial charge in [0.15, 0.2) is 0 Å². The fourth-order valence-electron chi connectivity index (χ4n) is 2.93. The van der Waals surface area contributed by atoms with Crippen molar-refractivity contribution >= 4 is 5.95 Å². The summed E-state index contributed by atoms with van der Waals surface area (Å²) in [5.74, 6) is 0.950. The quantitative estimate of drug-likeness (QED) is 0.850. The van der Waals surface area contributed by atoms with Crippen molar-refractivity contribution in [2.45, 2.75) is 25.3 Å². The van der Waals surface area contributed by atoms with E-state index in [0.717, 1.165) is 25.3 Å². The first-order valence-corrected chi connectivity index (χ1v) is 7.21. The van der Waals surface area contributed by atoms with Crippen molar-refractivity contribution in [2.24, 2.45) is 0 Å². The average molecular weight is 271 g/mol. The van der Waals surface area contributed by atoms with Gasteiger partial charge in [-0.3, -0.25) is 0 Å². The molecule has 1 heterocycles. The molecule has 1 atom stereocenters. The molecule has 4 nitrogen and oxygen atoms in total. The highest BCUT2D eigenvalue weighted by Gasteiger charge is 2.21. The van der Waals surface area contributed by atoms with Crippen LogP contribution in [-0.2, 0) is 17.6 Å². The molecule has 3 rings (SSSR count). The summed E-state index contributed by atoms with van der Waals surface area (Å²) in [6.45, 7) is 1.48. The molecule has 0 aliphatic heterocycles. The number of nitrogens with zero attached hydrogens (tertiary/aromatic N) is 2. The molecule has 1 aliphatic rings. The summed E-state index contributed by atoms with van der Waals surface area (Å²) in [6.07, 6.45) is 7.36. The number of aromatic nitrogens is 2. The predicted molar refractivity (Wildman–Crippen MR) is 80.1 cm³/mol. The maximum atomic E-state index is 5.07. The molecule has 0 bridgehead atoms. The van der Waals surface area contributed by atoms with E-state index >= 15 is 0 Å². The van der Waals surface area contributed by atoms with Gasteiger partial charge >= 0.3 is 0 Å². The third-order valence-electron chi connectivity index (χ3n) is 3.97. The van der Waals surface area contributed by atoms with Crippen LogP contribution in [0.25, 0.3) is 0 Å². The lowest BCUT2D eigenvalue weighted by molar-refractivity contribution is 0.210. The second kappa shape index (κ2) is 6.09. The number of fused-ring (bicyclic) bond motifs is 1. The van der Waals surface area contributed by atoms with Crippen LogP contribution in [0.5, 0.6) is 0 Å². The SMILES string of the molecule is COCCNc1nccn1C1CCc2ccccc2C1. The van der Waals surface area contributed by atoms with Crippen molar-refractivity contribution in [3.8, 4) is 0 Å². The summed E-state index contributed by atoms with van der Waals surface area (Å²) in [4.78, 5) is 4.42. The van der Waals surface area contributed by atoms with Crippen LogP contribution in [0.1, 0.15) is 23.6 Å². The van der Waals surface area contributed by atoms with E-state index in [1.807, 2.05) is 6.20 Å². The lowest BCUT2D eigenvalue weighted by Crippen LogP contribution is -2.21. The van der Waals surface area contributed by atoms with E-state index in [-0.39, 0.29) is 0 Å². The number of aryl methyl sites for hydroxylation is 1. The molecule has 0 spiro atoms. The average Bonchev–Trinajstić information content (AvgIpc) is 2.95. The number of imidazole rings is 1. The van der Waals surface area contributed by atoms with Crippen LogP contribution in [0, 0.1) is 0 Å². The highest BCUT2D eigenvalue weighted by molar-refractivity contribution is 5.32. The van der Waals surface area contributed by atoms with Gasteiger partial charge in [-0.25, -0.2) is 4.98 Å². The maximum absolute atomic E-state index is 5.07. The molecule has 1 N–H and O–H groups in total. The Hall–Kier alpha value is -1.81. The monoisotopic (exact) mass is 271 g/mol. The molecular formula is C16H21N3O. The topological polar surface area (TPSA) is 39.1 Å². The van der Waals surface area contributed by atoms with Crippen LogP contribution in [0.3, 0.4) is 0 Å². The first-order valence-electron chi connectivity index (χ1n) is 7.21. The summed E-state index contributed by atoms with van der Waals surface area (Å²) in [6, 6.07) is 9.26. The van der Waals surface area contributed by atoms with E-state index in [0.29, 0.717) is 12.6 Å². The van der Waals surface area contributed by atoms with Crippen LogP contribution in [0.15, 0.2) is 36.7 Å². The molecular weight excluding hydrogens is 250 g/mol. The fraction of sp³-hybridized carbons (Fsp3) is 0.438. The number of rotatable bonds is 5. The van der Waals surface area contributed by atoms with Gasteiger partial charge in [0.1, 0.15) is 0 Å². The van der Waals surface area contributed by atoms with Gasteiger partial charge in [-0.1, -0.05) is 24.3 Å². The normalized spacial score (nSPS) is 17.8. The molecule has 1 aromatic heterocycles. The van der Waals surface area contributed by atoms with Crippen molar-refractivity contribution in [3.63, 3.8) is 0 Å². The van der Waals surface area contributed by atoms with E-state index in [2.05, 4.69) is 45.3 Å². The molecule has 2 aromatic rings.